The lowest BCUT2D eigenvalue weighted by Crippen LogP contribution is -2.12. The van der Waals surface area contributed by atoms with E-state index in [9.17, 15) is 4.39 Å². The van der Waals surface area contributed by atoms with Gasteiger partial charge in [-0.25, -0.2) is 14.4 Å². The molecule has 0 aliphatic heterocycles. The number of benzene rings is 2. The van der Waals surface area contributed by atoms with Gasteiger partial charge in [-0.2, -0.15) is 0 Å². The van der Waals surface area contributed by atoms with Crippen molar-refractivity contribution in [2.24, 2.45) is 0 Å². The molecule has 1 N–H and O–H groups in total. The molecular formula is C23H28ClFN4O. The number of nitrogens with zero attached hydrogens (tertiary/aromatic N) is 3. The summed E-state index contributed by atoms with van der Waals surface area (Å²) in [6, 6.07) is 8.51. The van der Waals surface area contributed by atoms with Gasteiger partial charge in [0.2, 0.25) is 0 Å². The lowest BCUT2D eigenvalue weighted by atomic mass is 10.0. The first-order chi connectivity index (χ1) is 14.5. The number of aryl methyl sites for hydroxylation is 1. The molecule has 2 aromatic carbocycles. The molecule has 30 heavy (non-hydrogen) atoms. The molecule has 5 nitrogen and oxygen atoms in total. The molecule has 0 spiro atoms. The molecule has 7 heteroatoms. The van der Waals surface area contributed by atoms with Gasteiger partial charge in [0.15, 0.2) is 0 Å². The van der Waals surface area contributed by atoms with Gasteiger partial charge in [0, 0.05) is 11.1 Å². The third-order valence-corrected chi connectivity index (χ3v) is 5.31. The maximum atomic E-state index is 13.4. The van der Waals surface area contributed by atoms with Crippen molar-refractivity contribution in [2.75, 3.05) is 33.1 Å². The molecule has 0 aliphatic rings. The van der Waals surface area contributed by atoms with Gasteiger partial charge < -0.3 is 15.0 Å². The SMILES string of the molecule is COc1cc2c(Nc3ccc(F)c(Cl)c3)ncnc2cc1CCCCCCN(C)C. The molecule has 0 bridgehead atoms. The van der Waals surface area contributed by atoms with E-state index in [1.165, 1.54) is 37.7 Å². The predicted molar refractivity (Wildman–Crippen MR) is 122 cm³/mol. The van der Waals surface area contributed by atoms with Crippen LogP contribution < -0.4 is 10.1 Å². The molecule has 0 radical (unpaired) electrons. The Morgan fingerprint density at radius 2 is 1.87 bits per heavy atom. The topological polar surface area (TPSA) is 50.3 Å². The molecule has 0 unspecified atom stereocenters. The minimum Gasteiger partial charge on any atom is -0.496 e. The molecule has 1 aromatic heterocycles. The van der Waals surface area contributed by atoms with Crippen LogP contribution in [0.25, 0.3) is 10.9 Å². The number of unbranched alkanes of at least 4 members (excludes halogenated alkanes) is 3. The number of fused-ring (bicyclic) bond motifs is 1. The second-order valence-electron chi connectivity index (χ2n) is 7.62. The number of ether oxygens (including phenoxy) is 1. The van der Waals surface area contributed by atoms with Crippen LogP contribution in [0, 0.1) is 5.82 Å². The van der Waals surface area contributed by atoms with Crippen molar-refractivity contribution < 1.29 is 9.13 Å². The van der Waals surface area contributed by atoms with Crippen LogP contribution in [0.4, 0.5) is 15.9 Å². The van der Waals surface area contributed by atoms with E-state index in [0.29, 0.717) is 11.5 Å². The normalized spacial score (nSPS) is 11.3. The number of halogens is 2. The molecule has 3 aromatic rings. The fraction of sp³-hybridized carbons (Fsp3) is 0.391. The van der Waals surface area contributed by atoms with Crippen LogP contribution in [0.2, 0.25) is 5.02 Å². The van der Waals surface area contributed by atoms with Gasteiger partial charge in [0.1, 0.15) is 23.7 Å². The zero-order valence-corrected chi connectivity index (χ0v) is 18.5. The van der Waals surface area contributed by atoms with Gasteiger partial charge >= 0.3 is 0 Å². The van der Waals surface area contributed by atoms with E-state index < -0.39 is 5.82 Å². The second kappa shape index (κ2) is 10.5. The van der Waals surface area contributed by atoms with Gasteiger partial charge in [0.25, 0.3) is 0 Å². The number of aromatic nitrogens is 2. The van der Waals surface area contributed by atoms with Crippen molar-refractivity contribution in [1.82, 2.24) is 14.9 Å². The number of nitrogens with one attached hydrogen (secondary N) is 1. The maximum Gasteiger partial charge on any atom is 0.141 e. The van der Waals surface area contributed by atoms with Crippen molar-refractivity contribution >= 4 is 34.0 Å². The van der Waals surface area contributed by atoms with E-state index in [2.05, 4.69) is 40.3 Å². The first kappa shape index (κ1) is 22.2. The Labute approximate surface area is 182 Å². The Morgan fingerprint density at radius 1 is 1.07 bits per heavy atom. The van der Waals surface area contributed by atoms with Crippen LogP contribution >= 0.6 is 11.6 Å². The zero-order chi connectivity index (χ0) is 21.5. The summed E-state index contributed by atoms with van der Waals surface area (Å²) in [5.74, 6) is 0.991. The molecular weight excluding hydrogens is 403 g/mol. The van der Waals surface area contributed by atoms with E-state index in [-0.39, 0.29) is 5.02 Å². The Morgan fingerprint density at radius 3 is 2.60 bits per heavy atom. The smallest absolute Gasteiger partial charge is 0.141 e. The molecule has 0 saturated carbocycles. The summed E-state index contributed by atoms with van der Waals surface area (Å²) in [4.78, 5) is 11.0. The van der Waals surface area contributed by atoms with Crippen LogP contribution in [0.15, 0.2) is 36.7 Å². The van der Waals surface area contributed by atoms with Crippen molar-refractivity contribution in [3.05, 3.63) is 53.1 Å². The van der Waals surface area contributed by atoms with Gasteiger partial charge in [-0.05, 0) is 75.8 Å². The van der Waals surface area contributed by atoms with Crippen LogP contribution in [-0.4, -0.2) is 42.6 Å². The van der Waals surface area contributed by atoms with Crippen molar-refractivity contribution in [3.63, 3.8) is 0 Å². The second-order valence-corrected chi connectivity index (χ2v) is 8.03. The summed E-state index contributed by atoms with van der Waals surface area (Å²) in [5, 5.41) is 4.10. The number of hydrogen-bond acceptors (Lipinski definition) is 5. The molecule has 1 heterocycles. The Kier molecular flexibility index (Phi) is 7.82. The Bertz CT molecular complexity index is 996. The van der Waals surface area contributed by atoms with Crippen LogP contribution in [0.3, 0.4) is 0 Å². The Balaban J connectivity index is 1.75. The summed E-state index contributed by atoms with van der Waals surface area (Å²) >= 11 is 5.89. The lowest BCUT2D eigenvalue weighted by molar-refractivity contribution is 0.389. The third-order valence-electron chi connectivity index (χ3n) is 5.02. The van der Waals surface area contributed by atoms with E-state index >= 15 is 0 Å². The van der Waals surface area contributed by atoms with E-state index in [1.54, 1.807) is 13.2 Å². The van der Waals surface area contributed by atoms with Gasteiger partial charge in [0.05, 0.1) is 17.6 Å². The first-order valence-corrected chi connectivity index (χ1v) is 10.5. The van der Waals surface area contributed by atoms with Gasteiger partial charge in [-0.15, -0.1) is 0 Å². The molecule has 3 rings (SSSR count). The molecule has 0 amide bonds. The highest BCUT2D eigenvalue weighted by Crippen LogP contribution is 2.31. The number of anilines is 2. The fourth-order valence-electron chi connectivity index (χ4n) is 3.42. The minimum atomic E-state index is -0.456. The van der Waals surface area contributed by atoms with Crippen LogP contribution in [0.1, 0.15) is 31.2 Å². The third kappa shape index (κ3) is 5.80. The van der Waals surface area contributed by atoms with Crippen LogP contribution in [-0.2, 0) is 6.42 Å². The van der Waals surface area contributed by atoms with Crippen molar-refractivity contribution in [1.29, 1.82) is 0 Å². The molecule has 0 saturated heterocycles. The largest absolute Gasteiger partial charge is 0.496 e. The molecule has 0 atom stereocenters. The summed E-state index contributed by atoms with van der Waals surface area (Å²) in [6.45, 7) is 1.13. The average Bonchev–Trinajstić information content (AvgIpc) is 2.72. The van der Waals surface area contributed by atoms with Crippen LogP contribution in [0.5, 0.6) is 5.75 Å². The highest BCUT2D eigenvalue weighted by Gasteiger charge is 2.11. The summed E-state index contributed by atoms with van der Waals surface area (Å²) in [5.41, 5.74) is 2.64. The van der Waals surface area contributed by atoms with Crippen molar-refractivity contribution in [2.45, 2.75) is 32.1 Å². The van der Waals surface area contributed by atoms with Crippen molar-refractivity contribution in [3.8, 4) is 5.75 Å². The average molecular weight is 431 g/mol. The fourth-order valence-corrected chi connectivity index (χ4v) is 3.60. The first-order valence-electron chi connectivity index (χ1n) is 10.2. The van der Waals surface area contributed by atoms with E-state index in [0.717, 1.165) is 41.6 Å². The minimum absolute atomic E-state index is 0.0591. The maximum absolute atomic E-state index is 13.4. The molecule has 0 fully saturated rings. The lowest BCUT2D eigenvalue weighted by Gasteiger charge is -2.13. The summed E-state index contributed by atoms with van der Waals surface area (Å²) in [7, 11) is 5.89. The molecule has 0 aliphatic carbocycles. The Hall–Kier alpha value is -2.44. The zero-order valence-electron chi connectivity index (χ0n) is 17.7. The number of rotatable bonds is 10. The quantitative estimate of drug-likeness (QED) is 0.409. The number of methoxy groups -OCH3 is 1. The highest BCUT2D eigenvalue weighted by atomic mass is 35.5. The summed E-state index contributed by atoms with van der Waals surface area (Å²) < 4.78 is 19.1. The number of hydrogen-bond donors (Lipinski definition) is 1. The van der Waals surface area contributed by atoms with Gasteiger partial charge in [-0.3, -0.25) is 0 Å². The van der Waals surface area contributed by atoms with E-state index in [4.69, 9.17) is 16.3 Å². The predicted octanol–water partition coefficient (Wildman–Crippen LogP) is 5.84. The highest BCUT2D eigenvalue weighted by molar-refractivity contribution is 6.31. The van der Waals surface area contributed by atoms with Gasteiger partial charge in [-0.1, -0.05) is 24.4 Å². The monoisotopic (exact) mass is 430 g/mol. The standard InChI is InChI=1S/C23H28ClFN4O/c1-29(2)11-7-5-4-6-8-16-12-21-18(14-22(16)30-3)23(27-15-26-21)28-17-9-10-20(25)19(24)13-17/h9-10,12-15H,4-8,11H2,1-3H3,(H,26,27,28). The summed E-state index contributed by atoms with van der Waals surface area (Å²) in [6.07, 6.45) is 7.22. The molecule has 160 valence electrons. The van der Waals surface area contributed by atoms with E-state index in [1.807, 2.05) is 6.07 Å².